The van der Waals surface area contributed by atoms with E-state index in [9.17, 15) is 14.7 Å². The first-order chi connectivity index (χ1) is 14.0. The predicted octanol–water partition coefficient (Wildman–Crippen LogP) is 4.47. The summed E-state index contributed by atoms with van der Waals surface area (Å²) in [6, 6.07) is 20.5. The number of halogens is 1. The molecular formula is C23H17ClN2O3. The molecule has 4 rings (SSSR count). The van der Waals surface area contributed by atoms with Gasteiger partial charge in [0.25, 0.3) is 5.91 Å². The van der Waals surface area contributed by atoms with Crippen molar-refractivity contribution in [2.75, 3.05) is 0 Å². The lowest BCUT2D eigenvalue weighted by molar-refractivity contribution is -0.139. The second-order valence-electron chi connectivity index (χ2n) is 6.72. The Morgan fingerprint density at radius 3 is 2.14 bits per heavy atom. The van der Waals surface area contributed by atoms with Crippen molar-refractivity contribution in [2.24, 2.45) is 0 Å². The summed E-state index contributed by atoms with van der Waals surface area (Å²) in [6.45, 7) is 0. The Labute approximate surface area is 172 Å². The van der Waals surface area contributed by atoms with E-state index in [2.05, 4.69) is 10.3 Å². The average Bonchev–Trinajstić information content (AvgIpc) is 2.71. The summed E-state index contributed by atoms with van der Waals surface area (Å²) in [5.41, 5.74) is 2.51. The number of carboxylic acid groups (broad SMARTS) is 1. The van der Waals surface area contributed by atoms with E-state index in [0.717, 1.165) is 5.56 Å². The molecule has 0 aliphatic rings. The van der Waals surface area contributed by atoms with Crippen LogP contribution in [0.1, 0.15) is 15.9 Å². The minimum Gasteiger partial charge on any atom is -0.480 e. The molecule has 3 aromatic carbocycles. The number of carboxylic acids is 1. The lowest BCUT2D eigenvalue weighted by atomic mass is 10.0. The van der Waals surface area contributed by atoms with Crippen LogP contribution in [0.2, 0.25) is 5.02 Å². The number of carbonyl (C=O) groups is 2. The lowest BCUT2D eigenvalue weighted by Gasteiger charge is -2.17. The molecule has 0 fully saturated rings. The number of nitrogens with zero attached hydrogens (tertiary/aromatic N) is 1. The summed E-state index contributed by atoms with van der Waals surface area (Å²) >= 11 is 6.00. The first-order valence-electron chi connectivity index (χ1n) is 9.08. The van der Waals surface area contributed by atoms with Crippen LogP contribution in [-0.4, -0.2) is 28.0 Å². The number of aromatic nitrogens is 1. The van der Waals surface area contributed by atoms with Crippen molar-refractivity contribution in [3.8, 4) is 0 Å². The fraction of sp³-hybridized carbons (Fsp3) is 0.0870. The van der Waals surface area contributed by atoms with Gasteiger partial charge in [0.15, 0.2) is 0 Å². The summed E-state index contributed by atoms with van der Waals surface area (Å²) in [5, 5.41) is 14.2. The molecule has 0 unspecified atom stereocenters. The minimum absolute atomic E-state index is 0.128. The summed E-state index contributed by atoms with van der Waals surface area (Å²) in [7, 11) is 0. The molecule has 4 aromatic rings. The van der Waals surface area contributed by atoms with Gasteiger partial charge < -0.3 is 10.4 Å². The van der Waals surface area contributed by atoms with Gasteiger partial charge in [0.1, 0.15) is 6.04 Å². The Morgan fingerprint density at radius 1 is 0.931 bits per heavy atom. The third kappa shape index (κ3) is 3.91. The number of pyridine rings is 1. The molecule has 1 amide bonds. The first-order valence-corrected chi connectivity index (χ1v) is 9.46. The molecule has 29 heavy (non-hydrogen) atoms. The van der Waals surface area contributed by atoms with Crippen LogP contribution < -0.4 is 5.32 Å². The standard InChI is InChI=1S/C23H17ClN2O3/c24-15-7-5-6-14(12-15)13-20(23(28)29)26-22(27)21-16-8-1-3-10-18(16)25-19-11-4-2-9-17(19)21/h1-12,20H,13H2,(H,26,27)(H,28,29)/t20-/m1/s1. The van der Waals surface area contributed by atoms with Crippen molar-refractivity contribution in [1.29, 1.82) is 0 Å². The molecular weight excluding hydrogens is 388 g/mol. The minimum atomic E-state index is -1.11. The maximum Gasteiger partial charge on any atom is 0.326 e. The number of aliphatic carboxylic acids is 1. The van der Waals surface area contributed by atoms with Crippen LogP contribution in [0.15, 0.2) is 72.8 Å². The van der Waals surface area contributed by atoms with Crippen LogP contribution in [0.3, 0.4) is 0 Å². The first kappa shape index (κ1) is 18.9. The molecule has 0 radical (unpaired) electrons. The van der Waals surface area contributed by atoms with Gasteiger partial charge >= 0.3 is 5.97 Å². The van der Waals surface area contributed by atoms with Crippen molar-refractivity contribution >= 4 is 45.3 Å². The van der Waals surface area contributed by atoms with Gasteiger partial charge in [-0.05, 0) is 29.8 Å². The van der Waals surface area contributed by atoms with Gasteiger partial charge in [0, 0.05) is 22.2 Å². The Bertz CT molecular complexity index is 1190. The van der Waals surface area contributed by atoms with Crippen molar-refractivity contribution in [1.82, 2.24) is 10.3 Å². The molecule has 5 nitrogen and oxygen atoms in total. The van der Waals surface area contributed by atoms with E-state index in [1.54, 1.807) is 24.3 Å². The monoisotopic (exact) mass is 404 g/mol. The molecule has 2 N–H and O–H groups in total. The largest absolute Gasteiger partial charge is 0.480 e. The Balaban J connectivity index is 1.74. The van der Waals surface area contributed by atoms with Crippen LogP contribution in [0, 0.1) is 0 Å². The van der Waals surface area contributed by atoms with Crippen LogP contribution >= 0.6 is 11.6 Å². The Hall–Kier alpha value is -3.44. The fourth-order valence-electron chi connectivity index (χ4n) is 3.41. The number of amides is 1. The maximum absolute atomic E-state index is 13.2. The molecule has 0 aliphatic heterocycles. The predicted molar refractivity (Wildman–Crippen MR) is 113 cm³/mol. The van der Waals surface area contributed by atoms with Crippen LogP contribution in [0.4, 0.5) is 0 Å². The molecule has 1 atom stereocenters. The van der Waals surface area contributed by atoms with E-state index in [0.29, 0.717) is 32.4 Å². The van der Waals surface area contributed by atoms with Gasteiger partial charge in [-0.2, -0.15) is 0 Å². The quantitative estimate of drug-likeness (QED) is 0.481. The van der Waals surface area contributed by atoms with Gasteiger partial charge in [-0.25, -0.2) is 9.78 Å². The summed E-state index contributed by atoms with van der Waals surface area (Å²) in [6.07, 6.45) is 0.128. The lowest BCUT2D eigenvalue weighted by Crippen LogP contribution is -2.42. The van der Waals surface area contributed by atoms with E-state index < -0.39 is 17.9 Å². The zero-order chi connectivity index (χ0) is 20.4. The van der Waals surface area contributed by atoms with Gasteiger partial charge in [0.2, 0.25) is 0 Å². The molecule has 1 heterocycles. The molecule has 144 valence electrons. The van der Waals surface area contributed by atoms with E-state index >= 15 is 0 Å². The van der Waals surface area contributed by atoms with Crippen molar-refractivity contribution in [3.05, 3.63) is 88.9 Å². The third-order valence-electron chi connectivity index (χ3n) is 4.75. The SMILES string of the molecule is O=C(N[C@H](Cc1cccc(Cl)c1)C(=O)O)c1c2ccccc2nc2ccccc12. The van der Waals surface area contributed by atoms with Crippen LogP contribution in [-0.2, 0) is 11.2 Å². The van der Waals surface area contributed by atoms with E-state index in [1.807, 2.05) is 48.5 Å². The highest BCUT2D eigenvalue weighted by Gasteiger charge is 2.24. The highest BCUT2D eigenvalue weighted by Crippen LogP contribution is 2.26. The van der Waals surface area contributed by atoms with Gasteiger partial charge in [-0.3, -0.25) is 4.79 Å². The van der Waals surface area contributed by atoms with E-state index in [-0.39, 0.29) is 6.42 Å². The third-order valence-corrected chi connectivity index (χ3v) is 4.98. The molecule has 0 spiro atoms. The molecule has 0 saturated heterocycles. The second-order valence-corrected chi connectivity index (χ2v) is 7.16. The molecule has 1 aromatic heterocycles. The number of rotatable bonds is 5. The maximum atomic E-state index is 13.2. The second kappa shape index (κ2) is 7.89. The van der Waals surface area contributed by atoms with Gasteiger partial charge in [0.05, 0.1) is 16.6 Å². The smallest absolute Gasteiger partial charge is 0.326 e. The van der Waals surface area contributed by atoms with E-state index in [4.69, 9.17) is 11.6 Å². The van der Waals surface area contributed by atoms with Crippen molar-refractivity contribution in [3.63, 3.8) is 0 Å². The number of hydrogen-bond acceptors (Lipinski definition) is 3. The fourth-order valence-corrected chi connectivity index (χ4v) is 3.63. The number of para-hydroxylation sites is 2. The number of hydrogen-bond donors (Lipinski definition) is 2. The highest BCUT2D eigenvalue weighted by atomic mass is 35.5. The normalized spacial score (nSPS) is 12.0. The van der Waals surface area contributed by atoms with E-state index in [1.165, 1.54) is 0 Å². The zero-order valence-corrected chi connectivity index (χ0v) is 16.1. The number of carbonyl (C=O) groups excluding carboxylic acids is 1. The summed E-state index contributed by atoms with van der Waals surface area (Å²) in [4.78, 5) is 29.6. The topological polar surface area (TPSA) is 79.3 Å². The average molecular weight is 405 g/mol. The van der Waals surface area contributed by atoms with Gasteiger partial charge in [-0.1, -0.05) is 60.1 Å². The summed E-state index contributed by atoms with van der Waals surface area (Å²) in [5.74, 6) is -1.56. The van der Waals surface area contributed by atoms with Crippen LogP contribution in [0.5, 0.6) is 0 Å². The Morgan fingerprint density at radius 2 is 1.55 bits per heavy atom. The highest BCUT2D eigenvalue weighted by molar-refractivity contribution is 6.30. The molecule has 6 heteroatoms. The zero-order valence-electron chi connectivity index (χ0n) is 15.3. The molecule has 0 bridgehead atoms. The van der Waals surface area contributed by atoms with Gasteiger partial charge in [-0.15, -0.1) is 0 Å². The van der Waals surface area contributed by atoms with Crippen LogP contribution in [0.25, 0.3) is 21.8 Å². The number of fused-ring (bicyclic) bond motifs is 2. The number of benzene rings is 3. The van der Waals surface area contributed by atoms with Crippen molar-refractivity contribution in [2.45, 2.75) is 12.5 Å². The van der Waals surface area contributed by atoms with Crippen molar-refractivity contribution < 1.29 is 14.7 Å². The Kier molecular flexibility index (Phi) is 5.14. The summed E-state index contributed by atoms with van der Waals surface area (Å²) < 4.78 is 0. The number of nitrogens with one attached hydrogen (secondary N) is 1. The molecule has 0 saturated carbocycles. The molecule has 0 aliphatic carbocycles.